The SMILES string of the molecule is O=C1NC(=O)C2(CCCN(C(=O)C3CCCS3)C2)N1. The lowest BCUT2D eigenvalue weighted by molar-refractivity contribution is -0.135. The fraction of sp³-hybridized carbons (Fsp3) is 0.750. The fourth-order valence-electron chi connectivity index (χ4n) is 3.04. The van der Waals surface area contributed by atoms with Crippen LogP contribution in [0.1, 0.15) is 25.7 Å². The predicted molar refractivity (Wildman–Crippen MR) is 70.7 cm³/mol. The molecule has 7 heteroatoms. The lowest BCUT2D eigenvalue weighted by atomic mass is 9.89. The van der Waals surface area contributed by atoms with Crippen molar-refractivity contribution in [3.05, 3.63) is 0 Å². The number of piperidine rings is 1. The number of rotatable bonds is 1. The summed E-state index contributed by atoms with van der Waals surface area (Å²) < 4.78 is 0. The Morgan fingerprint density at radius 3 is 2.84 bits per heavy atom. The fourth-order valence-corrected chi connectivity index (χ4v) is 4.28. The van der Waals surface area contributed by atoms with Gasteiger partial charge in [-0.15, -0.1) is 11.8 Å². The Balaban J connectivity index is 1.72. The molecule has 0 aromatic heterocycles. The first-order chi connectivity index (χ1) is 9.11. The molecule has 0 bridgehead atoms. The Bertz CT molecular complexity index is 436. The van der Waals surface area contributed by atoms with Crippen molar-refractivity contribution in [1.29, 1.82) is 0 Å². The zero-order valence-electron chi connectivity index (χ0n) is 10.6. The highest BCUT2D eigenvalue weighted by molar-refractivity contribution is 8.00. The second kappa shape index (κ2) is 4.70. The second-order valence-electron chi connectivity index (χ2n) is 5.36. The topological polar surface area (TPSA) is 78.5 Å². The highest BCUT2D eigenvalue weighted by Crippen LogP contribution is 2.31. The van der Waals surface area contributed by atoms with E-state index in [4.69, 9.17) is 0 Å². The molecule has 3 heterocycles. The van der Waals surface area contributed by atoms with Crippen LogP contribution in [0.2, 0.25) is 0 Å². The van der Waals surface area contributed by atoms with Gasteiger partial charge in [-0.2, -0.15) is 0 Å². The quantitative estimate of drug-likeness (QED) is 0.668. The van der Waals surface area contributed by atoms with Crippen molar-refractivity contribution in [1.82, 2.24) is 15.5 Å². The molecular formula is C12H17N3O3S. The van der Waals surface area contributed by atoms with Gasteiger partial charge in [-0.05, 0) is 31.4 Å². The van der Waals surface area contributed by atoms with Gasteiger partial charge in [0.1, 0.15) is 5.54 Å². The third-order valence-corrected chi connectivity index (χ3v) is 5.39. The van der Waals surface area contributed by atoms with Gasteiger partial charge >= 0.3 is 6.03 Å². The molecule has 0 aliphatic carbocycles. The number of amides is 4. The molecule has 104 valence electrons. The number of likely N-dealkylation sites (tertiary alicyclic amines) is 1. The summed E-state index contributed by atoms with van der Waals surface area (Å²) in [5.74, 6) is 0.858. The van der Waals surface area contributed by atoms with Crippen molar-refractivity contribution in [2.45, 2.75) is 36.5 Å². The van der Waals surface area contributed by atoms with Crippen LogP contribution in [0.4, 0.5) is 4.79 Å². The molecule has 3 aliphatic heterocycles. The smallest absolute Gasteiger partial charge is 0.322 e. The maximum Gasteiger partial charge on any atom is 0.322 e. The molecule has 0 aromatic carbocycles. The molecule has 3 rings (SSSR count). The summed E-state index contributed by atoms with van der Waals surface area (Å²) in [5.41, 5.74) is -0.895. The van der Waals surface area contributed by atoms with Crippen molar-refractivity contribution in [2.24, 2.45) is 0 Å². The van der Waals surface area contributed by atoms with Gasteiger partial charge in [-0.3, -0.25) is 14.9 Å². The summed E-state index contributed by atoms with van der Waals surface area (Å²) in [6, 6.07) is -0.449. The predicted octanol–water partition coefficient (Wildman–Crippen LogP) is 0.0826. The minimum absolute atomic E-state index is 0.0373. The van der Waals surface area contributed by atoms with Crippen LogP contribution in [0.25, 0.3) is 0 Å². The minimum Gasteiger partial charge on any atom is -0.339 e. The van der Waals surface area contributed by atoms with Crippen LogP contribution < -0.4 is 10.6 Å². The van der Waals surface area contributed by atoms with Gasteiger partial charge in [0.25, 0.3) is 5.91 Å². The van der Waals surface area contributed by atoms with E-state index in [1.54, 1.807) is 16.7 Å². The van der Waals surface area contributed by atoms with Crippen LogP contribution in [0.15, 0.2) is 0 Å². The van der Waals surface area contributed by atoms with Gasteiger partial charge < -0.3 is 10.2 Å². The van der Waals surface area contributed by atoms with E-state index in [0.29, 0.717) is 19.5 Å². The number of carbonyl (C=O) groups is 3. The van der Waals surface area contributed by atoms with E-state index >= 15 is 0 Å². The first-order valence-electron chi connectivity index (χ1n) is 6.65. The number of nitrogens with one attached hydrogen (secondary N) is 2. The summed E-state index contributed by atoms with van der Waals surface area (Å²) in [6.07, 6.45) is 3.35. The second-order valence-corrected chi connectivity index (χ2v) is 6.67. The number of hydrogen-bond acceptors (Lipinski definition) is 4. The van der Waals surface area contributed by atoms with Crippen LogP contribution in [0, 0.1) is 0 Å². The van der Waals surface area contributed by atoms with Crippen molar-refractivity contribution < 1.29 is 14.4 Å². The Morgan fingerprint density at radius 1 is 1.37 bits per heavy atom. The maximum atomic E-state index is 12.4. The van der Waals surface area contributed by atoms with E-state index in [2.05, 4.69) is 10.6 Å². The van der Waals surface area contributed by atoms with Crippen LogP contribution in [-0.4, -0.2) is 52.4 Å². The van der Waals surface area contributed by atoms with E-state index in [1.165, 1.54) is 0 Å². The van der Waals surface area contributed by atoms with E-state index in [9.17, 15) is 14.4 Å². The van der Waals surface area contributed by atoms with E-state index in [0.717, 1.165) is 25.0 Å². The lowest BCUT2D eigenvalue weighted by Crippen LogP contribution is -2.60. The number of nitrogens with zero attached hydrogens (tertiary/aromatic N) is 1. The van der Waals surface area contributed by atoms with Crippen LogP contribution in [0.3, 0.4) is 0 Å². The summed E-state index contributed by atoms with van der Waals surface area (Å²) in [4.78, 5) is 37.4. The van der Waals surface area contributed by atoms with Crippen LogP contribution >= 0.6 is 11.8 Å². The molecular weight excluding hydrogens is 266 g/mol. The van der Waals surface area contributed by atoms with Crippen LogP contribution in [-0.2, 0) is 9.59 Å². The summed E-state index contributed by atoms with van der Waals surface area (Å²) >= 11 is 1.70. The molecule has 2 atom stereocenters. The molecule has 6 nitrogen and oxygen atoms in total. The average molecular weight is 283 g/mol. The summed E-state index contributed by atoms with van der Waals surface area (Å²) in [5, 5.41) is 5.01. The molecule has 2 unspecified atom stereocenters. The van der Waals surface area contributed by atoms with Gasteiger partial charge in [0.15, 0.2) is 0 Å². The summed E-state index contributed by atoms with van der Waals surface area (Å²) in [6.45, 7) is 0.987. The maximum absolute atomic E-state index is 12.4. The molecule has 0 radical (unpaired) electrons. The highest BCUT2D eigenvalue weighted by Gasteiger charge is 2.50. The van der Waals surface area contributed by atoms with Gasteiger partial charge in [0.05, 0.1) is 11.8 Å². The van der Waals surface area contributed by atoms with Crippen molar-refractivity contribution in [2.75, 3.05) is 18.8 Å². The van der Waals surface area contributed by atoms with Crippen LogP contribution in [0.5, 0.6) is 0 Å². The molecule has 3 saturated heterocycles. The largest absolute Gasteiger partial charge is 0.339 e. The normalized spacial score (nSPS) is 34.5. The Hall–Kier alpha value is -1.24. The van der Waals surface area contributed by atoms with Gasteiger partial charge in [-0.1, -0.05) is 0 Å². The Labute approximate surface area is 115 Å². The zero-order chi connectivity index (χ0) is 13.5. The van der Waals surface area contributed by atoms with Gasteiger partial charge in [0.2, 0.25) is 5.91 Å². The van der Waals surface area contributed by atoms with Gasteiger partial charge in [-0.25, -0.2) is 4.79 Å². The number of hydrogen-bond donors (Lipinski definition) is 2. The van der Waals surface area contributed by atoms with E-state index < -0.39 is 11.6 Å². The third-order valence-electron chi connectivity index (χ3n) is 4.02. The first kappa shape index (κ1) is 12.8. The molecule has 2 N–H and O–H groups in total. The molecule has 0 aromatic rings. The van der Waals surface area contributed by atoms with Crippen molar-refractivity contribution in [3.8, 4) is 0 Å². The van der Waals surface area contributed by atoms with Crippen molar-refractivity contribution >= 4 is 29.6 Å². The Kier molecular flexibility index (Phi) is 3.16. The molecule has 19 heavy (non-hydrogen) atoms. The number of imide groups is 1. The first-order valence-corrected chi connectivity index (χ1v) is 7.70. The Morgan fingerprint density at radius 2 is 2.21 bits per heavy atom. The standard InChI is InChI=1S/C12H17N3O3S/c16-9(8-3-1-6-19-8)15-5-2-4-12(7-15)10(17)13-11(18)14-12/h8H,1-7H2,(H2,13,14,17,18). The van der Waals surface area contributed by atoms with Crippen molar-refractivity contribution in [3.63, 3.8) is 0 Å². The third kappa shape index (κ3) is 2.20. The van der Waals surface area contributed by atoms with Gasteiger partial charge in [0, 0.05) is 6.54 Å². The molecule has 1 spiro atoms. The summed E-state index contributed by atoms with van der Waals surface area (Å²) in [7, 11) is 0. The molecule has 4 amide bonds. The molecule has 3 fully saturated rings. The average Bonchev–Trinajstić information content (AvgIpc) is 2.99. The minimum atomic E-state index is -0.895. The lowest BCUT2D eigenvalue weighted by Gasteiger charge is -2.38. The van der Waals surface area contributed by atoms with E-state index in [1.807, 2.05) is 0 Å². The molecule has 3 aliphatic rings. The zero-order valence-corrected chi connectivity index (χ0v) is 11.4. The number of urea groups is 1. The number of carbonyl (C=O) groups excluding carboxylic acids is 3. The number of thioether (sulfide) groups is 1. The van der Waals surface area contributed by atoms with E-state index in [-0.39, 0.29) is 17.1 Å². The molecule has 0 saturated carbocycles. The highest BCUT2D eigenvalue weighted by atomic mass is 32.2. The monoisotopic (exact) mass is 283 g/mol.